The van der Waals surface area contributed by atoms with E-state index < -0.39 is 27.1 Å². The van der Waals surface area contributed by atoms with Crippen LogP contribution in [-0.4, -0.2) is 35.6 Å². The van der Waals surface area contributed by atoms with Gasteiger partial charge in [0, 0.05) is 6.20 Å². The van der Waals surface area contributed by atoms with Crippen molar-refractivity contribution in [3.05, 3.63) is 29.6 Å². The van der Waals surface area contributed by atoms with E-state index >= 15 is 0 Å². The molecule has 1 aromatic rings. The van der Waals surface area contributed by atoms with E-state index in [1.165, 1.54) is 19.9 Å². The van der Waals surface area contributed by atoms with Gasteiger partial charge in [0.2, 0.25) is 10.0 Å². The van der Waals surface area contributed by atoms with Crippen LogP contribution in [0.3, 0.4) is 0 Å². The van der Waals surface area contributed by atoms with Crippen LogP contribution in [0.2, 0.25) is 0 Å². The van der Waals surface area contributed by atoms with Gasteiger partial charge in [0.25, 0.3) is 5.91 Å². The van der Waals surface area contributed by atoms with Crippen molar-refractivity contribution in [2.45, 2.75) is 19.1 Å². The van der Waals surface area contributed by atoms with Gasteiger partial charge in [-0.2, -0.15) is 0 Å². The second-order valence-corrected chi connectivity index (χ2v) is 6.00. The number of carboxylic acid groups (broad SMARTS) is 1. The number of carbonyl (C=O) groups is 2. The molecule has 0 unspecified atom stereocenters. The van der Waals surface area contributed by atoms with E-state index in [0.717, 1.165) is 12.3 Å². The van der Waals surface area contributed by atoms with Crippen LogP contribution in [0.1, 0.15) is 34.7 Å². The van der Waals surface area contributed by atoms with Gasteiger partial charge in [-0.25, -0.2) is 22.9 Å². The zero-order valence-electron chi connectivity index (χ0n) is 10.2. The molecule has 1 amide bonds. The quantitative estimate of drug-likeness (QED) is 0.845. The molecule has 0 bridgehead atoms. The van der Waals surface area contributed by atoms with Crippen molar-refractivity contribution in [1.82, 2.24) is 9.71 Å². The van der Waals surface area contributed by atoms with Crippen LogP contribution in [0.5, 0.6) is 0 Å². The predicted molar refractivity (Wildman–Crippen MR) is 70.0 cm³/mol. The standard InChI is InChI=1S/C10H12N2O5S.ClH/c1-6(2)18(16,17)12-9(13)7-3-4-8(10(14)15)11-5-7;/h3-6H,1-2H3,(H,12,13)(H,14,15);1H. The van der Waals surface area contributed by atoms with E-state index in [4.69, 9.17) is 5.11 Å². The fraction of sp³-hybridized carbons (Fsp3) is 0.300. The van der Waals surface area contributed by atoms with Gasteiger partial charge in [-0.15, -0.1) is 12.4 Å². The number of amides is 1. The number of hydrogen-bond acceptors (Lipinski definition) is 5. The van der Waals surface area contributed by atoms with E-state index in [-0.39, 0.29) is 23.7 Å². The molecule has 0 radical (unpaired) electrons. The van der Waals surface area contributed by atoms with Crippen molar-refractivity contribution in [3.8, 4) is 0 Å². The molecule has 0 spiro atoms. The molecule has 0 saturated heterocycles. The fourth-order valence-electron chi connectivity index (χ4n) is 0.961. The van der Waals surface area contributed by atoms with Crippen molar-refractivity contribution < 1.29 is 23.1 Å². The SMILES string of the molecule is CC(C)S(=O)(=O)NC(=O)c1ccc(C(=O)O)nc1.Cl. The predicted octanol–water partition coefficient (Wildman–Crippen LogP) is 0.670. The molecule has 1 heterocycles. The molecule has 19 heavy (non-hydrogen) atoms. The maximum Gasteiger partial charge on any atom is 0.354 e. The van der Waals surface area contributed by atoms with E-state index in [1.54, 1.807) is 0 Å². The highest BCUT2D eigenvalue weighted by atomic mass is 35.5. The monoisotopic (exact) mass is 308 g/mol. The average Bonchev–Trinajstić information content (AvgIpc) is 2.28. The summed E-state index contributed by atoms with van der Waals surface area (Å²) >= 11 is 0. The molecule has 0 atom stereocenters. The molecule has 1 rings (SSSR count). The summed E-state index contributed by atoms with van der Waals surface area (Å²) in [7, 11) is -3.72. The Morgan fingerprint density at radius 1 is 1.32 bits per heavy atom. The second kappa shape index (κ2) is 6.48. The minimum Gasteiger partial charge on any atom is -0.477 e. The van der Waals surface area contributed by atoms with Gasteiger partial charge in [-0.05, 0) is 26.0 Å². The maximum atomic E-state index is 11.6. The Labute approximate surface area is 116 Å². The first-order chi connectivity index (χ1) is 8.24. The van der Waals surface area contributed by atoms with E-state index in [9.17, 15) is 18.0 Å². The van der Waals surface area contributed by atoms with Gasteiger partial charge >= 0.3 is 5.97 Å². The molecule has 0 aliphatic rings. The molecular weight excluding hydrogens is 296 g/mol. The van der Waals surface area contributed by atoms with Crippen LogP contribution < -0.4 is 4.72 Å². The third-order valence-electron chi connectivity index (χ3n) is 2.10. The molecule has 9 heteroatoms. The van der Waals surface area contributed by atoms with Crippen LogP contribution in [0.15, 0.2) is 18.3 Å². The Morgan fingerprint density at radius 2 is 1.89 bits per heavy atom. The van der Waals surface area contributed by atoms with Crippen LogP contribution in [-0.2, 0) is 10.0 Å². The number of pyridine rings is 1. The highest BCUT2D eigenvalue weighted by Crippen LogP contribution is 2.03. The van der Waals surface area contributed by atoms with Gasteiger partial charge in [0.05, 0.1) is 10.8 Å². The lowest BCUT2D eigenvalue weighted by atomic mass is 10.2. The number of carbonyl (C=O) groups excluding carboxylic acids is 1. The number of aromatic nitrogens is 1. The minimum atomic E-state index is -3.72. The molecule has 7 nitrogen and oxygen atoms in total. The van der Waals surface area contributed by atoms with Crippen molar-refractivity contribution >= 4 is 34.3 Å². The highest BCUT2D eigenvalue weighted by Gasteiger charge is 2.20. The number of aromatic carboxylic acids is 1. The van der Waals surface area contributed by atoms with Crippen LogP contribution >= 0.6 is 12.4 Å². The van der Waals surface area contributed by atoms with E-state index in [2.05, 4.69) is 4.98 Å². The van der Waals surface area contributed by atoms with Crippen molar-refractivity contribution in [1.29, 1.82) is 0 Å². The number of carboxylic acids is 1. The Bertz CT molecular complexity index is 568. The topological polar surface area (TPSA) is 113 Å². The largest absolute Gasteiger partial charge is 0.477 e. The lowest BCUT2D eigenvalue weighted by molar-refractivity contribution is 0.0689. The molecule has 2 N–H and O–H groups in total. The number of rotatable bonds is 4. The van der Waals surface area contributed by atoms with Gasteiger partial charge in [0.1, 0.15) is 5.69 Å². The van der Waals surface area contributed by atoms with Crippen molar-refractivity contribution in [2.75, 3.05) is 0 Å². The molecule has 0 saturated carbocycles. The zero-order valence-corrected chi connectivity index (χ0v) is 11.8. The van der Waals surface area contributed by atoms with Gasteiger partial charge in [-0.1, -0.05) is 0 Å². The third-order valence-corrected chi connectivity index (χ3v) is 3.81. The van der Waals surface area contributed by atoms with Gasteiger partial charge < -0.3 is 5.11 Å². The summed E-state index contributed by atoms with van der Waals surface area (Å²) in [6.45, 7) is 2.86. The summed E-state index contributed by atoms with van der Waals surface area (Å²) in [5.41, 5.74) is -0.248. The van der Waals surface area contributed by atoms with Crippen LogP contribution in [0.25, 0.3) is 0 Å². The Morgan fingerprint density at radius 3 is 2.26 bits per heavy atom. The van der Waals surface area contributed by atoms with Crippen molar-refractivity contribution in [2.24, 2.45) is 0 Å². The number of nitrogens with one attached hydrogen (secondary N) is 1. The summed E-state index contributed by atoms with van der Waals surface area (Å²) < 4.78 is 24.8. The normalized spacial score (nSPS) is 10.7. The smallest absolute Gasteiger partial charge is 0.354 e. The van der Waals surface area contributed by atoms with Gasteiger partial charge in [0.15, 0.2) is 0 Å². The third kappa shape index (κ3) is 4.49. The molecule has 0 aliphatic heterocycles. The summed E-state index contributed by atoms with van der Waals surface area (Å²) in [6, 6.07) is 2.32. The lowest BCUT2D eigenvalue weighted by Crippen LogP contribution is -2.35. The molecule has 0 aliphatic carbocycles. The first kappa shape index (κ1) is 17.3. The number of hydrogen-bond donors (Lipinski definition) is 2. The fourth-order valence-corrected chi connectivity index (χ4v) is 1.57. The first-order valence-electron chi connectivity index (χ1n) is 4.99. The maximum absolute atomic E-state index is 11.6. The molecule has 106 valence electrons. The highest BCUT2D eigenvalue weighted by molar-refractivity contribution is 7.90. The average molecular weight is 309 g/mol. The van der Waals surface area contributed by atoms with Gasteiger partial charge in [-0.3, -0.25) is 4.79 Å². The van der Waals surface area contributed by atoms with Crippen molar-refractivity contribution in [3.63, 3.8) is 0 Å². The summed E-state index contributed by atoms with van der Waals surface area (Å²) in [5.74, 6) is -2.06. The lowest BCUT2D eigenvalue weighted by Gasteiger charge is -2.09. The van der Waals surface area contributed by atoms with Crippen LogP contribution in [0.4, 0.5) is 0 Å². The summed E-state index contributed by atoms with van der Waals surface area (Å²) in [5, 5.41) is 7.87. The summed E-state index contributed by atoms with van der Waals surface area (Å²) in [6.07, 6.45) is 1.01. The van der Waals surface area contributed by atoms with E-state index in [0.29, 0.717) is 0 Å². The second-order valence-electron chi connectivity index (χ2n) is 3.76. The van der Waals surface area contributed by atoms with Crippen LogP contribution in [0, 0.1) is 0 Å². The molecule has 0 aromatic carbocycles. The number of sulfonamides is 1. The zero-order chi connectivity index (χ0) is 13.9. The Kier molecular flexibility index (Phi) is 5.91. The summed E-state index contributed by atoms with van der Waals surface area (Å²) in [4.78, 5) is 25.6. The molecule has 0 fully saturated rings. The molecule has 1 aromatic heterocycles. The first-order valence-corrected chi connectivity index (χ1v) is 6.54. The Balaban J connectivity index is 0.00000324. The molecular formula is C10H13ClN2O5S. The number of halogens is 1. The van der Waals surface area contributed by atoms with E-state index in [1.807, 2.05) is 4.72 Å². The Hall–Kier alpha value is -1.67. The minimum absolute atomic E-state index is 0. The number of nitrogens with zero attached hydrogens (tertiary/aromatic N) is 1.